The molecule has 4 aliphatic rings. The van der Waals surface area contributed by atoms with Crippen LogP contribution in [0.3, 0.4) is 0 Å². The highest BCUT2D eigenvalue weighted by Gasteiger charge is 2.64. The van der Waals surface area contributed by atoms with Crippen LogP contribution < -0.4 is 0 Å². The molecule has 0 aromatic heterocycles. The van der Waals surface area contributed by atoms with Crippen molar-refractivity contribution in [1.82, 2.24) is 0 Å². The van der Waals surface area contributed by atoms with Crippen LogP contribution in [-0.2, 0) is 9.59 Å². The molecule has 0 saturated heterocycles. The summed E-state index contributed by atoms with van der Waals surface area (Å²) in [6.45, 7) is 8.63. The van der Waals surface area contributed by atoms with Gasteiger partial charge in [0.05, 0.1) is 6.10 Å². The molecule has 25 heavy (non-hydrogen) atoms. The van der Waals surface area contributed by atoms with Crippen molar-refractivity contribution in [2.24, 2.45) is 46.3 Å². The molecule has 0 amide bonds. The van der Waals surface area contributed by atoms with E-state index in [-0.39, 0.29) is 22.9 Å². The maximum absolute atomic E-state index is 12.4. The minimum Gasteiger partial charge on any atom is -0.393 e. The van der Waals surface area contributed by atoms with Gasteiger partial charge in [-0.2, -0.15) is 0 Å². The summed E-state index contributed by atoms with van der Waals surface area (Å²) in [6, 6.07) is 0. The molecule has 1 N–H and O–H groups in total. The van der Waals surface area contributed by atoms with E-state index in [4.69, 9.17) is 0 Å². The molecule has 0 radical (unpaired) electrons. The van der Waals surface area contributed by atoms with E-state index < -0.39 is 0 Å². The van der Waals surface area contributed by atoms with Crippen molar-refractivity contribution in [3.8, 4) is 0 Å². The van der Waals surface area contributed by atoms with Crippen molar-refractivity contribution in [2.45, 2.75) is 78.7 Å². The van der Waals surface area contributed by atoms with Crippen LogP contribution in [0.25, 0.3) is 0 Å². The van der Waals surface area contributed by atoms with E-state index >= 15 is 0 Å². The first-order valence-electron chi connectivity index (χ1n) is 10.4. The van der Waals surface area contributed by atoms with E-state index in [1.807, 2.05) is 0 Å². The molecule has 0 bridgehead atoms. The Morgan fingerprint density at radius 3 is 2.60 bits per heavy atom. The topological polar surface area (TPSA) is 54.4 Å². The van der Waals surface area contributed by atoms with Crippen LogP contribution in [0.4, 0.5) is 0 Å². The van der Waals surface area contributed by atoms with Gasteiger partial charge in [-0.25, -0.2) is 0 Å². The first-order valence-corrected chi connectivity index (χ1v) is 10.4. The van der Waals surface area contributed by atoms with Gasteiger partial charge in [-0.3, -0.25) is 9.59 Å². The summed E-state index contributed by atoms with van der Waals surface area (Å²) in [7, 11) is 0. The molecule has 0 heterocycles. The number of aliphatic hydroxyl groups is 1. The SMILES string of the molecule is CC(=O)[C@H]1[C@H](C)C[C@@H]2[C@@H]3CC[C@@H]4CC(=O)CC[C@]4(C)[C@H]3[C@H](O)C[C@@]21C. The number of rotatable bonds is 1. The molecule has 9 atom stereocenters. The van der Waals surface area contributed by atoms with Gasteiger partial charge in [-0.05, 0) is 79.4 Å². The Hall–Kier alpha value is -0.700. The molecule has 3 heteroatoms. The van der Waals surface area contributed by atoms with Gasteiger partial charge in [0, 0.05) is 18.8 Å². The molecule has 0 aromatic carbocycles. The molecule has 4 aliphatic carbocycles. The first kappa shape index (κ1) is 17.7. The Balaban J connectivity index is 1.70. The third-order valence-corrected chi connectivity index (χ3v) is 9.19. The van der Waals surface area contributed by atoms with Crippen LogP contribution in [0.5, 0.6) is 0 Å². The lowest BCUT2D eigenvalue weighted by molar-refractivity contribution is -0.174. The Bertz CT molecular complexity index is 598. The van der Waals surface area contributed by atoms with Crippen molar-refractivity contribution >= 4 is 11.6 Å². The summed E-state index contributed by atoms with van der Waals surface area (Å²) in [5, 5.41) is 11.3. The van der Waals surface area contributed by atoms with E-state index in [0.29, 0.717) is 47.6 Å². The molecule has 0 spiro atoms. The van der Waals surface area contributed by atoms with Crippen LogP contribution in [0, 0.1) is 46.3 Å². The van der Waals surface area contributed by atoms with Gasteiger partial charge in [-0.1, -0.05) is 20.8 Å². The van der Waals surface area contributed by atoms with Crippen LogP contribution in [0.1, 0.15) is 72.6 Å². The van der Waals surface area contributed by atoms with E-state index in [1.54, 1.807) is 6.92 Å². The summed E-state index contributed by atoms with van der Waals surface area (Å²) in [4.78, 5) is 24.4. The monoisotopic (exact) mass is 346 g/mol. The maximum atomic E-state index is 12.4. The number of carbonyl (C=O) groups excluding carboxylic acids is 2. The molecule has 4 fully saturated rings. The predicted molar refractivity (Wildman–Crippen MR) is 96.8 cm³/mol. The minimum absolute atomic E-state index is 0.0421. The van der Waals surface area contributed by atoms with Gasteiger partial charge < -0.3 is 5.11 Å². The van der Waals surface area contributed by atoms with E-state index in [1.165, 1.54) is 0 Å². The molecule has 0 aliphatic heterocycles. The number of fused-ring (bicyclic) bond motifs is 5. The van der Waals surface area contributed by atoms with Gasteiger partial charge in [-0.15, -0.1) is 0 Å². The van der Waals surface area contributed by atoms with Crippen molar-refractivity contribution < 1.29 is 14.7 Å². The first-order chi connectivity index (χ1) is 11.7. The zero-order valence-corrected chi connectivity index (χ0v) is 16.3. The van der Waals surface area contributed by atoms with Gasteiger partial charge in [0.2, 0.25) is 0 Å². The number of Topliss-reactive ketones (excluding diaryl/α,β-unsaturated/α-hetero) is 2. The fourth-order valence-electron chi connectivity index (χ4n) is 8.40. The number of ketones is 2. The van der Waals surface area contributed by atoms with Crippen molar-refractivity contribution in [2.75, 3.05) is 0 Å². The van der Waals surface area contributed by atoms with Crippen molar-refractivity contribution in [3.05, 3.63) is 0 Å². The summed E-state index contributed by atoms with van der Waals surface area (Å²) in [6.07, 6.45) is 6.20. The van der Waals surface area contributed by atoms with Crippen LogP contribution >= 0.6 is 0 Å². The lowest BCUT2D eigenvalue weighted by Gasteiger charge is -2.61. The van der Waals surface area contributed by atoms with Crippen LogP contribution in [-0.4, -0.2) is 22.8 Å². The Morgan fingerprint density at radius 2 is 1.92 bits per heavy atom. The predicted octanol–water partition coefficient (Wildman–Crippen LogP) is 4.02. The van der Waals surface area contributed by atoms with Gasteiger partial charge >= 0.3 is 0 Å². The average Bonchev–Trinajstić information content (AvgIpc) is 2.77. The average molecular weight is 347 g/mol. The highest BCUT2D eigenvalue weighted by Crippen LogP contribution is 2.68. The second-order valence-corrected chi connectivity index (χ2v) is 10.4. The van der Waals surface area contributed by atoms with Crippen LogP contribution in [0.2, 0.25) is 0 Å². The molecule has 0 aromatic rings. The third-order valence-electron chi connectivity index (χ3n) is 9.19. The summed E-state index contributed by atoms with van der Waals surface area (Å²) in [5.41, 5.74) is 0.0641. The second kappa shape index (κ2) is 5.65. The highest BCUT2D eigenvalue weighted by molar-refractivity contribution is 5.80. The van der Waals surface area contributed by atoms with Crippen molar-refractivity contribution in [3.63, 3.8) is 0 Å². The van der Waals surface area contributed by atoms with Gasteiger partial charge in [0.1, 0.15) is 11.6 Å². The van der Waals surface area contributed by atoms with E-state index in [0.717, 1.165) is 38.5 Å². The minimum atomic E-state index is -0.320. The quantitative estimate of drug-likeness (QED) is 0.780. The van der Waals surface area contributed by atoms with Gasteiger partial charge in [0.15, 0.2) is 0 Å². The number of carbonyl (C=O) groups is 2. The lowest BCUT2D eigenvalue weighted by Crippen LogP contribution is -2.59. The lowest BCUT2D eigenvalue weighted by atomic mass is 9.44. The summed E-state index contributed by atoms with van der Waals surface area (Å²) < 4.78 is 0. The molecule has 4 rings (SSSR count). The van der Waals surface area contributed by atoms with E-state index in [9.17, 15) is 14.7 Å². The van der Waals surface area contributed by atoms with Crippen molar-refractivity contribution in [1.29, 1.82) is 0 Å². The fourth-order valence-corrected chi connectivity index (χ4v) is 8.40. The molecule has 0 unspecified atom stereocenters. The zero-order valence-electron chi connectivity index (χ0n) is 16.3. The molecule has 4 saturated carbocycles. The fraction of sp³-hybridized carbons (Fsp3) is 0.909. The standard InChI is InChI=1S/C22H34O3/c1-12-9-17-16-6-5-14-10-15(24)7-8-21(14,3)20(16)18(25)11-22(17,4)19(12)13(2)23/h12,14,16-20,25H,5-11H2,1-4H3/t12-,14-,16+,17-,18-,19-,20-,21+,22+/m1/s1. The summed E-state index contributed by atoms with van der Waals surface area (Å²) in [5.74, 6) is 3.11. The molecular weight excluding hydrogens is 312 g/mol. The maximum Gasteiger partial charge on any atom is 0.133 e. The van der Waals surface area contributed by atoms with Crippen LogP contribution in [0.15, 0.2) is 0 Å². The number of hydrogen-bond acceptors (Lipinski definition) is 3. The van der Waals surface area contributed by atoms with E-state index in [2.05, 4.69) is 20.8 Å². The third kappa shape index (κ3) is 2.33. The Labute approximate surface area is 151 Å². The Morgan fingerprint density at radius 1 is 1.20 bits per heavy atom. The largest absolute Gasteiger partial charge is 0.393 e. The van der Waals surface area contributed by atoms with Gasteiger partial charge in [0.25, 0.3) is 0 Å². The number of hydrogen-bond donors (Lipinski definition) is 1. The smallest absolute Gasteiger partial charge is 0.133 e. The molecular formula is C22H34O3. The molecule has 3 nitrogen and oxygen atoms in total. The highest BCUT2D eigenvalue weighted by atomic mass is 16.3. The number of aliphatic hydroxyl groups excluding tert-OH is 1. The normalized spacial score (nSPS) is 55.2. The molecule has 140 valence electrons. The summed E-state index contributed by atoms with van der Waals surface area (Å²) >= 11 is 0. The second-order valence-electron chi connectivity index (χ2n) is 10.4. The Kier molecular flexibility index (Phi) is 4.00. The zero-order chi connectivity index (χ0) is 18.1.